The average Bonchev–Trinajstić information content (AvgIpc) is 3.29. The van der Waals surface area contributed by atoms with Crippen molar-refractivity contribution in [1.29, 1.82) is 0 Å². The molecule has 3 aromatic carbocycles. The number of carbonyl (C=O) groups is 1. The Kier molecular flexibility index (Phi) is 10.6. The van der Waals surface area contributed by atoms with Gasteiger partial charge in [-0.25, -0.2) is 4.79 Å². The number of ether oxygens (including phenoxy) is 2. The molecule has 6 heteroatoms. The predicted octanol–water partition coefficient (Wildman–Crippen LogP) is 3.84. The Morgan fingerprint density at radius 3 is 2.41 bits per heavy atom. The van der Waals surface area contributed by atoms with E-state index in [-0.39, 0.29) is 29.9 Å². The van der Waals surface area contributed by atoms with Crippen LogP contribution in [0.4, 0.5) is 5.69 Å². The van der Waals surface area contributed by atoms with E-state index in [1.165, 1.54) is 16.5 Å². The highest BCUT2D eigenvalue weighted by atomic mass is 127. The molecule has 0 atom stereocenters. The van der Waals surface area contributed by atoms with Gasteiger partial charge < -0.3 is 38.0 Å². The molecule has 4 aromatic rings. The SMILES string of the molecule is C[N+](C)(C)c1cccc(C(=O)OCCCCCCn2ccc3cc(OCc4ccccc4)ccc32)c1.[I-]. The maximum absolute atomic E-state index is 12.4. The summed E-state index contributed by atoms with van der Waals surface area (Å²) in [5, 5.41) is 1.20. The van der Waals surface area contributed by atoms with Gasteiger partial charge in [-0.3, -0.25) is 4.48 Å². The fraction of sp³-hybridized carbons (Fsp3) is 0.323. The zero-order valence-corrected chi connectivity index (χ0v) is 24.2. The highest BCUT2D eigenvalue weighted by Crippen LogP contribution is 2.24. The van der Waals surface area contributed by atoms with Crippen LogP contribution in [0.25, 0.3) is 10.9 Å². The molecular weight excluding hydrogens is 575 g/mol. The summed E-state index contributed by atoms with van der Waals surface area (Å²) < 4.78 is 14.4. The lowest BCUT2D eigenvalue weighted by Crippen LogP contribution is -3.00. The highest BCUT2D eigenvalue weighted by Gasteiger charge is 2.15. The fourth-order valence-electron chi connectivity index (χ4n) is 4.24. The quantitative estimate of drug-likeness (QED) is 0.106. The number of nitrogens with zero attached hydrogens (tertiary/aromatic N) is 2. The molecule has 4 rings (SSSR count). The number of hydrogen-bond acceptors (Lipinski definition) is 3. The second-order valence-electron chi connectivity index (χ2n) is 10.1. The summed E-state index contributed by atoms with van der Waals surface area (Å²) in [5.74, 6) is 0.652. The zero-order valence-electron chi connectivity index (χ0n) is 22.0. The van der Waals surface area contributed by atoms with Crippen molar-refractivity contribution in [3.8, 4) is 5.75 Å². The van der Waals surface area contributed by atoms with Crippen molar-refractivity contribution in [3.63, 3.8) is 0 Å². The van der Waals surface area contributed by atoms with E-state index in [4.69, 9.17) is 9.47 Å². The van der Waals surface area contributed by atoms with Gasteiger partial charge in [-0.15, -0.1) is 0 Å². The number of aromatic nitrogens is 1. The summed E-state index contributed by atoms with van der Waals surface area (Å²) >= 11 is 0. The molecule has 1 aromatic heterocycles. The number of benzene rings is 3. The van der Waals surface area contributed by atoms with Crippen LogP contribution in [0.5, 0.6) is 5.75 Å². The van der Waals surface area contributed by atoms with Crippen molar-refractivity contribution in [1.82, 2.24) is 9.05 Å². The Hall–Kier alpha value is -2.84. The fourth-order valence-corrected chi connectivity index (χ4v) is 4.24. The van der Waals surface area contributed by atoms with Crippen LogP contribution in [0.15, 0.2) is 85.1 Å². The second kappa shape index (κ2) is 13.6. The Morgan fingerprint density at radius 1 is 0.838 bits per heavy atom. The molecule has 0 amide bonds. The third kappa shape index (κ3) is 8.33. The normalized spacial score (nSPS) is 11.2. The predicted molar refractivity (Wildman–Crippen MR) is 147 cm³/mol. The van der Waals surface area contributed by atoms with Gasteiger partial charge in [0, 0.05) is 29.7 Å². The minimum Gasteiger partial charge on any atom is -1.00 e. The second-order valence-corrected chi connectivity index (χ2v) is 10.1. The Balaban J connectivity index is 0.00000380. The molecule has 1 heterocycles. The minimum atomic E-state index is -0.240. The number of halogens is 1. The number of unbranched alkanes of at least 4 members (excludes halogenated alkanes) is 3. The molecule has 0 unspecified atom stereocenters. The third-order valence-corrected chi connectivity index (χ3v) is 6.37. The Labute approximate surface area is 237 Å². The van der Waals surface area contributed by atoms with Gasteiger partial charge in [0.1, 0.15) is 18.0 Å². The van der Waals surface area contributed by atoms with Gasteiger partial charge in [0.25, 0.3) is 0 Å². The molecule has 0 saturated carbocycles. The van der Waals surface area contributed by atoms with Gasteiger partial charge >= 0.3 is 5.97 Å². The molecule has 5 nitrogen and oxygen atoms in total. The maximum atomic E-state index is 12.4. The van der Waals surface area contributed by atoms with Crippen LogP contribution in [0.3, 0.4) is 0 Å². The van der Waals surface area contributed by atoms with Crippen molar-refractivity contribution in [2.75, 3.05) is 27.7 Å². The number of quaternary nitrogens is 1. The molecule has 0 aliphatic rings. The lowest BCUT2D eigenvalue weighted by atomic mass is 10.1. The monoisotopic (exact) mass is 612 g/mol. The molecule has 0 radical (unpaired) electrons. The van der Waals surface area contributed by atoms with Gasteiger partial charge in [-0.2, -0.15) is 0 Å². The molecule has 37 heavy (non-hydrogen) atoms. The number of rotatable bonds is 12. The standard InChI is InChI=1S/C31H37N2O3.HI/c1-33(2,3)28-15-11-14-27(22-28)31(34)35-21-10-5-4-9-19-32-20-18-26-23-29(16-17-30(26)32)36-24-25-12-7-6-8-13-25;/h6-8,11-18,20,22-23H,4-5,9-10,19,21,24H2,1-3H3;1H/q+1;/p-1. The zero-order chi connectivity index (χ0) is 25.4. The summed E-state index contributed by atoms with van der Waals surface area (Å²) in [6, 6.07) is 26.4. The van der Waals surface area contributed by atoms with Gasteiger partial charge in [-0.05, 0) is 61.2 Å². The molecule has 196 valence electrons. The third-order valence-electron chi connectivity index (χ3n) is 6.37. The van der Waals surface area contributed by atoms with Crippen molar-refractivity contribution >= 4 is 22.6 Å². The van der Waals surface area contributed by atoms with Gasteiger partial charge in [-0.1, -0.05) is 42.8 Å². The first-order valence-electron chi connectivity index (χ1n) is 12.7. The summed E-state index contributed by atoms with van der Waals surface area (Å²) in [4.78, 5) is 12.4. The summed E-state index contributed by atoms with van der Waals surface area (Å²) in [6.07, 6.45) is 6.28. The lowest BCUT2D eigenvalue weighted by Gasteiger charge is -2.23. The van der Waals surface area contributed by atoms with E-state index >= 15 is 0 Å². The van der Waals surface area contributed by atoms with Crippen molar-refractivity contribution < 1.29 is 38.2 Å². The number of esters is 1. The average molecular weight is 613 g/mol. The topological polar surface area (TPSA) is 40.5 Å². The number of carbonyl (C=O) groups excluding carboxylic acids is 1. The molecule has 0 aliphatic heterocycles. The first kappa shape index (κ1) is 28.7. The van der Waals surface area contributed by atoms with E-state index in [2.05, 4.69) is 62.2 Å². The molecule has 0 aliphatic carbocycles. The van der Waals surface area contributed by atoms with Crippen LogP contribution in [0.1, 0.15) is 41.6 Å². The number of fused-ring (bicyclic) bond motifs is 1. The highest BCUT2D eigenvalue weighted by molar-refractivity contribution is 5.90. The summed E-state index contributed by atoms with van der Waals surface area (Å²) in [6.45, 7) is 2.02. The van der Waals surface area contributed by atoms with E-state index < -0.39 is 0 Å². The van der Waals surface area contributed by atoms with Crippen LogP contribution in [-0.2, 0) is 17.9 Å². The van der Waals surface area contributed by atoms with E-state index in [9.17, 15) is 4.79 Å². The molecule has 0 N–H and O–H groups in total. The summed E-state index contributed by atoms with van der Waals surface area (Å²) in [5.41, 5.74) is 4.10. The van der Waals surface area contributed by atoms with E-state index in [1.807, 2.05) is 48.5 Å². The Bertz CT molecular complexity index is 1280. The van der Waals surface area contributed by atoms with Crippen LogP contribution in [-0.4, -0.2) is 38.3 Å². The van der Waals surface area contributed by atoms with Crippen LogP contribution in [0.2, 0.25) is 0 Å². The van der Waals surface area contributed by atoms with Gasteiger partial charge in [0.2, 0.25) is 0 Å². The van der Waals surface area contributed by atoms with Crippen molar-refractivity contribution in [2.24, 2.45) is 0 Å². The molecule has 0 bridgehead atoms. The largest absolute Gasteiger partial charge is 1.00 e. The molecule has 0 spiro atoms. The Morgan fingerprint density at radius 2 is 1.62 bits per heavy atom. The molecular formula is C31H37IN2O3. The van der Waals surface area contributed by atoms with E-state index in [0.29, 0.717) is 23.3 Å². The van der Waals surface area contributed by atoms with E-state index in [1.54, 1.807) is 0 Å². The summed E-state index contributed by atoms with van der Waals surface area (Å²) in [7, 11) is 6.25. The minimum absolute atomic E-state index is 0. The van der Waals surface area contributed by atoms with Crippen LogP contribution >= 0.6 is 0 Å². The van der Waals surface area contributed by atoms with Gasteiger partial charge in [0.05, 0.1) is 33.3 Å². The lowest BCUT2D eigenvalue weighted by molar-refractivity contribution is -0.0000261. The van der Waals surface area contributed by atoms with Crippen molar-refractivity contribution in [2.45, 2.75) is 38.8 Å². The first-order valence-corrected chi connectivity index (χ1v) is 12.7. The first-order chi connectivity index (χ1) is 17.4. The smallest absolute Gasteiger partial charge is 0.338 e. The van der Waals surface area contributed by atoms with Crippen LogP contribution < -0.4 is 33.2 Å². The number of hydrogen-bond donors (Lipinski definition) is 0. The number of aryl methyl sites for hydroxylation is 1. The van der Waals surface area contributed by atoms with Crippen LogP contribution in [0, 0.1) is 0 Å². The van der Waals surface area contributed by atoms with Gasteiger partial charge in [0.15, 0.2) is 0 Å². The van der Waals surface area contributed by atoms with E-state index in [0.717, 1.165) is 43.7 Å². The molecule has 0 saturated heterocycles. The van der Waals surface area contributed by atoms with Crippen molar-refractivity contribution in [3.05, 3.63) is 96.2 Å². The molecule has 0 fully saturated rings. The maximum Gasteiger partial charge on any atom is 0.338 e.